The molecule has 28 heavy (non-hydrogen) atoms. The van der Waals surface area contributed by atoms with E-state index < -0.39 is 15.9 Å². The molecule has 9 heteroatoms. The fraction of sp³-hybridized carbons (Fsp3) is 0.263. The Morgan fingerprint density at radius 3 is 2.89 bits per heavy atom. The van der Waals surface area contributed by atoms with Crippen molar-refractivity contribution in [3.8, 4) is 0 Å². The number of carbonyl (C=O) groups excluding carboxylic acids is 1. The van der Waals surface area contributed by atoms with Gasteiger partial charge in [0.1, 0.15) is 5.76 Å². The molecule has 3 heterocycles. The van der Waals surface area contributed by atoms with Crippen molar-refractivity contribution in [2.45, 2.75) is 37.8 Å². The largest absolute Gasteiger partial charge is 0.468 e. The summed E-state index contributed by atoms with van der Waals surface area (Å²) in [5, 5.41) is 7.12. The summed E-state index contributed by atoms with van der Waals surface area (Å²) in [6.07, 6.45) is 3.47. The Morgan fingerprint density at radius 2 is 2.14 bits per heavy atom. The molecule has 1 aliphatic heterocycles. The molecule has 0 bridgehead atoms. The number of rotatable bonds is 6. The van der Waals surface area contributed by atoms with Gasteiger partial charge in [0.2, 0.25) is 10.0 Å². The fourth-order valence-corrected chi connectivity index (χ4v) is 4.20. The van der Waals surface area contributed by atoms with Crippen LogP contribution < -0.4 is 10.0 Å². The van der Waals surface area contributed by atoms with E-state index in [-0.39, 0.29) is 17.0 Å². The standard InChI is InChI=1S/C19H20N4O4S/c1-13-6-7-16(28(25,26)20-12-15-5-3-9-27-15)11-17(13)19(24)21-18-10-14-4-2-8-23(14)22-18/h3,5-7,9-11,20H,2,4,8,12H2,1H3,(H,21,22,24). The van der Waals surface area contributed by atoms with E-state index in [1.165, 1.54) is 18.4 Å². The van der Waals surface area contributed by atoms with Crippen LogP contribution in [0.4, 0.5) is 5.82 Å². The number of nitrogens with one attached hydrogen (secondary N) is 2. The van der Waals surface area contributed by atoms with Crippen molar-refractivity contribution in [2.24, 2.45) is 0 Å². The van der Waals surface area contributed by atoms with Crippen LogP contribution in [0.1, 0.15) is 33.8 Å². The third kappa shape index (κ3) is 3.71. The predicted molar refractivity (Wildman–Crippen MR) is 102 cm³/mol. The van der Waals surface area contributed by atoms with Crippen LogP contribution in [0.5, 0.6) is 0 Å². The first-order chi connectivity index (χ1) is 13.4. The number of aryl methyl sites for hydroxylation is 3. The van der Waals surface area contributed by atoms with Gasteiger partial charge in [-0.05, 0) is 49.6 Å². The molecule has 2 N–H and O–H groups in total. The van der Waals surface area contributed by atoms with E-state index in [4.69, 9.17) is 4.42 Å². The first-order valence-corrected chi connectivity index (χ1v) is 10.4. The third-order valence-electron chi connectivity index (χ3n) is 4.69. The molecular formula is C19H20N4O4S. The zero-order valence-electron chi connectivity index (χ0n) is 15.3. The number of sulfonamides is 1. The second-order valence-corrected chi connectivity index (χ2v) is 8.45. The summed E-state index contributed by atoms with van der Waals surface area (Å²) in [6, 6.07) is 9.68. The molecule has 8 nitrogen and oxygen atoms in total. The van der Waals surface area contributed by atoms with E-state index in [0.29, 0.717) is 17.1 Å². The minimum absolute atomic E-state index is 0.0159. The van der Waals surface area contributed by atoms with Gasteiger partial charge in [-0.3, -0.25) is 9.48 Å². The van der Waals surface area contributed by atoms with E-state index >= 15 is 0 Å². The molecule has 1 aromatic carbocycles. The lowest BCUT2D eigenvalue weighted by atomic mass is 10.1. The highest BCUT2D eigenvalue weighted by molar-refractivity contribution is 7.89. The van der Waals surface area contributed by atoms with Crippen LogP contribution in [0.25, 0.3) is 0 Å². The minimum Gasteiger partial charge on any atom is -0.468 e. The fourth-order valence-electron chi connectivity index (χ4n) is 3.18. The van der Waals surface area contributed by atoms with E-state index in [1.54, 1.807) is 25.1 Å². The van der Waals surface area contributed by atoms with Crippen molar-refractivity contribution in [3.63, 3.8) is 0 Å². The lowest BCUT2D eigenvalue weighted by Crippen LogP contribution is -2.24. The molecule has 0 saturated carbocycles. The Bertz CT molecular complexity index is 1100. The third-order valence-corrected chi connectivity index (χ3v) is 6.09. The van der Waals surface area contributed by atoms with Crippen LogP contribution in [-0.2, 0) is 29.5 Å². The van der Waals surface area contributed by atoms with Crippen LogP contribution in [0.15, 0.2) is 52.0 Å². The summed E-state index contributed by atoms with van der Waals surface area (Å²) >= 11 is 0. The van der Waals surface area contributed by atoms with Crippen molar-refractivity contribution in [1.82, 2.24) is 14.5 Å². The molecule has 0 aliphatic carbocycles. The molecule has 2 aromatic heterocycles. The van der Waals surface area contributed by atoms with Gasteiger partial charge >= 0.3 is 0 Å². The zero-order chi connectivity index (χ0) is 19.7. The van der Waals surface area contributed by atoms with E-state index in [2.05, 4.69) is 15.1 Å². The number of hydrogen-bond donors (Lipinski definition) is 2. The quantitative estimate of drug-likeness (QED) is 0.661. The smallest absolute Gasteiger partial charge is 0.257 e. The van der Waals surface area contributed by atoms with E-state index in [0.717, 1.165) is 25.1 Å². The maximum atomic E-state index is 12.7. The van der Waals surface area contributed by atoms with Gasteiger partial charge in [0.25, 0.3) is 5.91 Å². The van der Waals surface area contributed by atoms with Gasteiger partial charge in [-0.2, -0.15) is 5.10 Å². The van der Waals surface area contributed by atoms with Gasteiger partial charge in [0, 0.05) is 23.9 Å². The number of carbonyl (C=O) groups is 1. The molecule has 0 saturated heterocycles. The molecule has 0 radical (unpaired) electrons. The normalized spacial score (nSPS) is 13.5. The molecule has 0 spiro atoms. The molecule has 146 valence electrons. The lowest BCUT2D eigenvalue weighted by molar-refractivity contribution is 0.102. The number of aromatic nitrogens is 2. The van der Waals surface area contributed by atoms with Gasteiger partial charge in [0.15, 0.2) is 5.82 Å². The number of furan rings is 1. The monoisotopic (exact) mass is 400 g/mol. The van der Waals surface area contributed by atoms with Gasteiger partial charge in [-0.25, -0.2) is 13.1 Å². The van der Waals surface area contributed by atoms with E-state index in [9.17, 15) is 13.2 Å². The number of anilines is 1. The Hall–Kier alpha value is -2.91. The first-order valence-electron chi connectivity index (χ1n) is 8.93. The summed E-state index contributed by atoms with van der Waals surface area (Å²) in [7, 11) is -3.79. The first kappa shape index (κ1) is 18.5. The highest BCUT2D eigenvalue weighted by atomic mass is 32.2. The number of nitrogens with zero attached hydrogens (tertiary/aromatic N) is 2. The minimum atomic E-state index is -3.79. The van der Waals surface area contributed by atoms with Crippen molar-refractivity contribution < 1.29 is 17.6 Å². The van der Waals surface area contributed by atoms with Gasteiger partial charge in [-0.1, -0.05) is 6.07 Å². The number of hydrogen-bond acceptors (Lipinski definition) is 5. The molecule has 0 unspecified atom stereocenters. The van der Waals surface area contributed by atoms with Crippen molar-refractivity contribution >= 4 is 21.7 Å². The number of amides is 1. The molecular weight excluding hydrogens is 380 g/mol. The van der Waals surface area contributed by atoms with Crippen molar-refractivity contribution in [1.29, 1.82) is 0 Å². The molecule has 1 aliphatic rings. The maximum absolute atomic E-state index is 12.7. The van der Waals surface area contributed by atoms with Gasteiger partial charge < -0.3 is 9.73 Å². The van der Waals surface area contributed by atoms with Crippen LogP contribution in [0, 0.1) is 6.92 Å². The van der Waals surface area contributed by atoms with Gasteiger partial charge in [0.05, 0.1) is 17.7 Å². The van der Waals surface area contributed by atoms with Crippen LogP contribution in [0.3, 0.4) is 0 Å². The molecule has 0 fully saturated rings. The highest BCUT2D eigenvalue weighted by Crippen LogP contribution is 2.21. The predicted octanol–water partition coefficient (Wildman–Crippen LogP) is 2.46. The Labute approximate surface area is 162 Å². The van der Waals surface area contributed by atoms with Crippen LogP contribution in [-0.4, -0.2) is 24.1 Å². The van der Waals surface area contributed by atoms with Crippen molar-refractivity contribution in [2.75, 3.05) is 5.32 Å². The molecule has 1 amide bonds. The number of fused-ring (bicyclic) bond motifs is 1. The zero-order valence-corrected chi connectivity index (χ0v) is 16.1. The Kier molecular flexibility index (Phi) is 4.78. The molecule has 0 atom stereocenters. The highest BCUT2D eigenvalue weighted by Gasteiger charge is 2.20. The summed E-state index contributed by atoms with van der Waals surface area (Å²) in [4.78, 5) is 12.7. The van der Waals surface area contributed by atoms with Crippen LogP contribution >= 0.6 is 0 Å². The second-order valence-electron chi connectivity index (χ2n) is 6.68. The van der Waals surface area contributed by atoms with Crippen molar-refractivity contribution in [3.05, 3.63) is 65.2 Å². The second kappa shape index (κ2) is 7.25. The Balaban J connectivity index is 1.53. The SMILES string of the molecule is Cc1ccc(S(=O)(=O)NCc2ccco2)cc1C(=O)Nc1cc2n(n1)CCC2. The number of benzene rings is 1. The summed E-state index contributed by atoms with van der Waals surface area (Å²) in [5.41, 5.74) is 2.05. The summed E-state index contributed by atoms with van der Waals surface area (Å²) in [6.45, 7) is 2.64. The average molecular weight is 400 g/mol. The summed E-state index contributed by atoms with van der Waals surface area (Å²) in [5.74, 6) is 0.585. The van der Waals surface area contributed by atoms with Crippen LogP contribution in [0.2, 0.25) is 0 Å². The molecule has 3 aromatic rings. The lowest BCUT2D eigenvalue weighted by Gasteiger charge is -2.10. The van der Waals surface area contributed by atoms with E-state index in [1.807, 2.05) is 10.7 Å². The maximum Gasteiger partial charge on any atom is 0.257 e. The topological polar surface area (TPSA) is 106 Å². The molecule has 4 rings (SSSR count). The Morgan fingerprint density at radius 1 is 1.29 bits per heavy atom. The summed E-state index contributed by atoms with van der Waals surface area (Å²) < 4.78 is 34.6. The average Bonchev–Trinajstić information content (AvgIpc) is 3.37. The van der Waals surface area contributed by atoms with Gasteiger partial charge in [-0.15, -0.1) is 0 Å².